The molecule has 0 amide bonds. The monoisotopic (exact) mass is 464 g/mol. The van der Waals surface area contributed by atoms with Gasteiger partial charge in [-0.15, -0.1) is 0 Å². The zero-order valence-corrected chi connectivity index (χ0v) is 20.2. The van der Waals surface area contributed by atoms with E-state index in [9.17, 15) is 10.1 Å². The van der Waals surface area contributed by atoms with Crippen LogP contribution in [0.2, 0.25) is 0 Å². The highest BCUT2D eigenvalue weighted by atomic mass is 16.6. The molecule has 0 aliphatic rings. The fraction of sp³-hybridized carbons (Fsp3) is 0.385. The number of hydrogen-bond acceptors (Lipinski definition) is 7. The van der Waals surface area contributed by atoms with E-state index in [0.29, 0.717) is 43.7 Å². The fourth-order valence-electron chi connectivity index (χ4n) is 3.18. The third-order valence-corrected chi connectivity index (χ3v) is 4.93. The van der Waals surface area contributed by atoms with Gasteiger partial charge in [0.2, 0.25) is 5.82 Å². The van der Waals surface area contributed by atoms with Gasteiger partial charge in [0.1, 0.15) is 23.5 Å². The topological polar surface area (TPSA) is 99.4 Å². The third kappa shape index (κ3) is 7.43. The second-order valence-electron chi connectivity index (χ2n) is 9.00. The van der Waals surface area contributed by atoms with Crippen LogP contribution in [0.1, 0.15) is 44.5 Å². The van der Waals surface area contributed by atoms with Crippen LogP contribution in [0.5, 0.6) is 11.5 Å². The molecule has 0 aliphatic heterocycles. The summed E-state index contributed by atoms with van der Waals surface area (Å²) in [5.74, 6) is 2.66. The Morgan fingerprint density at radius 1 is 0.853 bits per heavy atom. The molecule has 34 heavy (non-hydrogen) atoms. The van der Waals surface area contributed by atoms with E-state index >= 15 is 0 Å². The molecular weight excluding hydrogens is 432 g/mol. The molecule has 0 spiro atoms. The molecule has 0 fully saturated rings. The van der Waals surface area contributed by atoms with Gasteiger partial charge in [0, 0.05) is 13.0 Å². The van der Waals surface area contributed by atoms with E-state index in [2.05, 4.69) is 43.0 Å². The van der Waals surface area contributed by atoms with E-state index < -0.39 is 4.92 Å². The third-order valence-electron chi connectivity index (χ3n) is 4.93. The first-order valence-electron chi connectivity index (χ1n) is 11.5. The van der Waals surface area contributed by atoms with Crippen LogP contribution in [-0.4, -0.2) is 28.1 Å². The quantitative estimate of drug-likeness (QED) is 0.273. The average Bonchev–Trinajstić information content (AvgIpc) is 2.81. The molecule has 2 aromatic carbocycles. The number of nitrogens with one attached hydrogen (secondary N) is 1. The molecule has 1 aromatic heterocycles. The van der Waals surface area contributed by atoms with Crippen LogP contribution in [0.15, 0.2) is 54.9 Å². The SMILES string of the molecule is CC(C)COc1ccc(CNc2ncnc(Cc3ccc(OCC(C)C)cc3)c2[N+](=O)[O-])cc1. The zero-order chi connectivity index (χ0) is 24.5. The Morgan fingerprint density at radius 2 is 1.38 bits per heavy atom. The molecule has 0 atom stereocenters. The van der Waals surface area contributed by atoms with Crippen molar-refractivity contribution in [3.63, 3.8) is 0 Å². The van der Waals surface area contributed by atoms with E-state index in [4.69, 9.17) is 9.47 Å². The smallest absolute Gasteiger partial charge is 0.332 e. The van der Waals surface area contributed by atoms with Crippen molar-refractivity contribution in [2.24, 2.45) is 11.8 Å². The molecule has 3 aromatic rings. The van der Waals surface area contributed by atoms with E-state index in [1.807, 2.05) is 48.5 Å². The molecule has 0 bridgehead atoms. The molecule has 8 nitrogen and oxygen atoms in total. The van der Waals surface area contributed by atoms with Crippen LogP contribution in [0.3, 0.4) is 0 Å². The van der Waals surface area contributed by atoms with Crippen LogP contribution < -0.4 is 14.8 Å². The molecular formula is C26H32N4O4. The molecule has 0 aliphatic carbocycles. The van der Waals surface area contributed by atoms with Gasteiger partial charge in [-0.05, 0) is 47.2 Å². The first-order valence-corrected chi connectivity index (χ1v) is 11.5. The lowest BCUT2D eigenvalue weighted by molar-refractivity contribution is -0.385. The van der Waals surface area contributed by atoms with Crippen molar-refractivity contribution >= 4 is 11.5 Å². The van der Waals surface area contributed by atoms with Crippen LogP contribution >= 0.6 is 0 Å². The van der Waals surface area contributed by atoms with Gasteiger partial charge in [0.25, 0.3) is 0 Å². The Labute approximate surface area is 200 Å². The number of ether oxygens (including phenoxy) is 2. The molecule has 180 valence electrons. The molecule has 3 rings (SSSR count). The van der Waals surface area contributed by atoms with Crippen molar-refractivity contribution in [2.75, 3.05) is 18.5 Å². The summed E-state index contributed by atoms with van der Waals surface area (Å²) >= 11 is 0. The fourth-order valence-corrected chi connectivity index (χ4v) is 3.18. The van der Waals surface area contributed by atoms with E-state index in [1.54, 1.807) is 0 Å². The summed E-state index contributed by atoms with van der Waals surface area (Å²) in [4.78, 5) is 19.8. The predicted molar refractivity (Wildman–Crippen MR) is 132 cm³/mol. The highest BCUT2D eigenvalue weighted by Gasteiger charge is 2.22. The van der Waals surface area contributed by atoms with Crippen molar-refractivity contribution < 1.29 is 14.4 Å². The number of hydrogen-bond donors (Lipinski definition) is 1. The number of aromatic nitrogens is 2. The average molecular weight is 465 g/mol. The first-order chi connectivity index (χ1) is 16.3. The van der Waals surface area contributed by atoms with Gasteiger partial charge >= 0.3 is 5.69 Å². The van der Waals surface area contributed by atoms with Crippen LogP contribution in [0, 0.1) is 22.0 Å². The van der Waals surface area contributed by atoms with Gasteiger partial charge in [0.05, 0.1) is 18.1 Å². The van der Waals surface area contributed by atoms with E-state index in [1.165, 1.54) is 6.33 Å². The Morgan fingerprint density at radius 3 is 1.88 bits per heavy atom. The number of benzene rings is 2. The molecule has 0 saturated carbocycles. The summed E-state index contributed by atoms with van der Waals surface area (Å²) in [5.41, 5.74) is 2.11. The Kier molecular flexibility index (Phi) is 8.79. The Balaban J connectivity index is 1.68. The standard InChI is InChI=1S/C26H32N4O4/c1-18(2)15-33-22-9-5-20(6-10-22)13-24-25(30(31)32)26(29-17-28-24)27-14-21-7-11-23(12-8-21)34-16-19(3)4/h5-12,17-19H,13-16H2,1-4H3,(H,27,28,29). The van der Waals surface area contributed by atoms with Gasteiger partial charge in [-0.25, -0.2) is 9.97 Å². The highest BCUT2D eigenvalue weighted by Crippen LogP contribution is 2.28. The molecule has 8 heteroatoms. The molecule has 0 unspecified atom stereocenters. The van der Waals surface area contributed by atoms with E-state index in [0.717, 1.165) is 22.6 Å². The van der Waals surface area contributed by atoms with Crippen LogP contribution in [-0.2, 0) is 13.0 Å². The lowest BCUT2D eigenvalue weighted by atomic mass is 10.1. The summed E-state index contributed by atoms with van der Waals surface area (Å²) in [6.07, 6.45) is 1.67. The molecule has 1 heterocycles. The molecule has 1 N–H and O–H groups in total. The summed E-state index contributed by atoms with van der Waals surface area (Å²) in [7, 11) is 0. The molecule has 0 radical (unpaired) electrons. The van der Waals surface area contributed by atoms with Crippen LogP contribution in [0.25, 0.3) is 0 Å². The predicted octanol–water partition coefficient (Wildman–Crippen LogP) is 5.66. The first kappa shape index (κ1) is 25.0. The minimum Gasteiger partial charge on any atom is -0.493 e. The zero-order valence-electron chi connectivity index (χ0n) is 20.2. The Hall–Kier alpha value is -3.68. The van der Waals surface area contributed by atoms with Crippen molar-refractivity contribution in [1.29, 1.82) is 0 Å². The summed E-state index contributed by atoms with van der Waals surface area (Å²) in [6, 6.07) is 15.2. The number of anilines is 1. The minimum atomic E-state index is -0.430. The lowest BCUT2D eigenvalue weighted by Crippen LogP contribution is -2.09. The number of nitro groups is 1. The largest absolute Gasteiger partial charge is 0.493 e. The normalized spacial score (nSPS) is 11.0. The van der Waals surface area contributed by atoms with Gasteiger partial charge < -0.3 is 14.8 Å². The summed E-state index contributed by atoms with van der Waals surface area (Å²) in [6.45, 7) is 10.1. The van der Waals surface area contributed by atoms with Gasteiger partial charge in [0.15, 0.2) is 0 Å². The maximum Gasteiger partial charge on any atom is 0.332 e. The number of nitrogens with zero attached hydrogens (tertiary/aromatic N) is 3. The van der Waals surface area contributed by atoms with Gasteiger partial charge in [-0.1, -0.05) is 52.0 Å². The number of rotatable bonds is 12. The van der Waals surface area contributed by atoms with Crippen molar-refractivity contribution in [1.82, 2.24) is 9.97 Å². The summed E-state index contributed by atoms with van der Waals surface area (Å²) in [5, 5.41) is 15.0. The van der Waals surface area contributed by atoms with Crippen molar-refractivity contribution in [2.45, 2.75) is 40.7 Å². The van der Waals surface area contributed by atoms with Crippen molar-refractivity contribution in [3.05, 3.63) is 81.8 Å². The van der Waals surface area contributed by atoms with Gasteiger partial charge in [-0.3, -0.25) is 10.1 Å². The summed E-state index contributed by atoms with van der Waals surface area (Å²) < 4.78 is 11.4. The highest BCUT2D eigenvalue weighted by molar-refractivity contribution is 5.59. The van der Waals surface area contributed by atoms with Gasteiger partial charge in [-0.2, -0.15) is 0 Å². The second-order valence-corrected chi connectivity index (χ2v) is 9.00. The second kappa shape index (κ2) is 12.0. The maximum absolute atomic E-state index is 11.9. The maximum atomic E-state index is 11.9. The Bertz CT molecular complexity index is 1070. The van der Waals surface area contributed by atoms with E-state index in [-0.39, 0.29) is 11.5 Å². The lowest BCUT2D eigenvalue weighted by Gasteiger charge is -2.11. The van der Waals surface area contributed by atoms with Crippen LogP contribution in [0.4, 0.5) is 11.5 Å². The minimum absolute atomic E-state index is 0.112. The molecule has 0 saturated heterocycles. The van der Waals surface area contributed by atoms with Crippen molar-refractivity contribution in [3.8, 4) is 11.5 Å².